The van der Waals surface area contributed by atoms with E-state index in [0.29, 0.717) is 37.5 Å². The molecular formula is C30H50O5. The number of fused-ring (bicyclic) bond motifs is 7. The molecule has 35 heavy (non-hydrogen) atoms. The van der Waals surface area contributed by atoms with Gasteiger partial charge in [0.1, 0.15) is 5.60 Å². The highest BCUT2D eigenvalue weighted by Gasteiger charge is 2.78. The first-order chi connectivity index (χ1) is 16.0. The molecule has 0 bridgehead atoms. The molecular weight excluding hydrogens is 440 g/mol. The predicted octanol–water partition coefficient (Wildman–Crippen LogP) is 5.26. The van der Waals surface area contributed by atoms with E-state index in [0.717, 1.165) is 32.1 Å². The van der Waals surface area contributed by atoms with Gasteiger partial charge in [-0.3, -0.25) is 4.79 Å². The van der Waals surface area contributed by atoms with Crippen LogP contribution in [0.2, 0.25) is 0 Å². The summed E-state index contributed by atoms with van der Waals surface area (Å²) >= 11 is 0. The lowest BCUT2D eigenvalue weighted by atomic mass is 9.29. The molecule has 0 saturated heterocycles. The Hall–Kier alpha value is -0.650. The largest absolute Gasteiger partial charge is 0.481 e. The SMILES string of the molecule is CC1CCC2(C(=O)O)CCC3(C)C4(C)CCC5C(C)(C)C(O)CCC5(C)C4CC(O)C3(O)C2C1C. The quantitative estimate of drug-likeness (QED) is 0.402. The van der Waals surface area contributed by atoms with E-state index in [2.05, 4.69) is 48.5 Å². The van der Waals surface area contributed by atoms with E-state index in [9.17, 15) is 25.2 Å². The standard InChI is InChI=1S/C30H50O5/c1-17-8-13-29(24(33)34)15-14-28(7)27(6)12-9-19-25(3,4)21(31)10-11-26(19,5)20(27)16-22(32)30(28,35)23(29)18(17)2/h17-23,31-32,35H,8-16H2,1-7H3,(H,33,34). The van der Waals surface area contributed by atoms with E-state index in [4.69, 9.17) is 0 Å². The second kappa shape index (κ2) is 7.47. The van der Waals surface area contributed by atoms with Crippen molar-refractivity contribution in [3.63, 3.8) is 0 Å². The first kappa shape index (κ1) is 26.0. The molecule has 0 aromatic rings. The molecule has 12 unspecified atom stereocenters. The van der Waals surface area contributed by atoms with Gasteiger partial charge in [0.2, 0.25) is 0 Å². The Morgan fingerprint density at radius 3 is 2.09 bits per heavy atom. The van der Waals surface area contributed by atoms with Crippen molar-refractivity contribution in [1.29, 1.82) is 0 Å². The van der Waals surface area contributed by atoms with Crippen LogP contribution in [-0.2, 0) is 4.79 Å². The molecule has 5 nitrogen and oxygen atoms in total. The topological polar surface area (TPSA) is 98.0 Å². The number of aliphatic hydroxyl groups is 3. The van der Waals surface area contributed by atoms with Crippen molar-refractivity contribution in [3.05, 3.63) is 0 Å². The molecule has 200 valence electrons. The van der Waals surface area contributed by atoms with Crippen LogP contribution in [0.4, 0.5) is 0 Å². The molecule has 0 aromatic carbocycles. The van der Waals surface area contributed by atoms with Crippen LogP contribution < -0.4 is 0 Å². The lowest BCUT2D eigenvalue weighted by Crippen LogP contribution is -2.79. The summed E-state index contributed by atoms with van der Waals surface area (Å²) in [7, 11) is 0. The summed E-state index contributed by atoms with van der Waals surface area (Å²) < 4.78 is 0. The lowest BCUT2D eigenvalue weighted by Gasteiger charge is -2.76. The number of aliphatic hydroxyl groups excluding tert-OH is 2. The molecule has 5 fully saturated rings. The zero-order valence-corrected chi connectivity index (χ0v) is 23.1. The summed E-state index contributed by atoms with van der Waals surface area (Å²) in [5.74, 6) is -0.267. The van der Waals surface area contributed by atoms with Crippen molar-refractivity contribution < 1.29 is 25.2 Å². The average molecular weight is 491 g/mol. The van der Waals surface area contributed by atoms with E-state index in [1.54, 1.807) is 0 Å². The predicted molar refractivity (Wildman–Crippen MR) is 135 cm³/mol. The molecule has 5 heteroatoms. The summed E-state index contributed by atoms with van der Waals surface area (Å²) in [6, 6.07) is 0. The van der Waals surface area contributed by atoms with Crippen LogP contribution in [0.3, 0.4) is 0 Å². The van der Waals surface area contributed by atoms with Crippen LogP contribution in [0.5, 0.6) is 0 Å². The highest BCUT2D eigenvalue weighted by molar-refractivity contribution is 5.76. The molecule has 5 rings (SSSR count). The van der Waals surface area contributed by atoms with Gasteiger partial charge in [0, 0.05) is 11.3 Å². The molecule has 12 atom stereocenters. The minimum atomic E-state index is -1.42. The molecule has 0 aromatic heterocycles. The van der Waals surface area contributed by atoms with Crippen LogP contribution in [0, 0.1) is 56.7 Å². The van der Waals surface area contributed by atoms with Gasteiger partial charge in [-0.05, 0) is 97.7 Å². The number of hydrogen-bond acceptors (Lipinski definition) is 4. The Bertz CT molecular complexity index is 901. The molecule has 0 heterocycles. The Labute approximate surface area is 212 Å². The minimum Gasteiger partial charge on any atom is -0.481 e. The Morgan fingerprint density at radius 2 is 1.46 bits per heavy atom. The van der Waals surface area contributed by atoms with Gasteiger partial charge < -0.3 is 20.4 Å². The third-order valence-electron chi connectivity index (χ3n) is 14.2. The maximum atomic E-state index is 12.9. The highest BCUT2D eigenvalue weighted by atomic mass is 16.4. The highest BCUT2D eigenvalue weighted by Crippen LogP contribution is 2.78. The number of hydrogen-bond donors (Lipinski definition) is 4. The summed E-state index contributed by atoms with van der Waals surface area (Å²) in [5, 5.41) is 46.4. The van der Waals surface area contributed by atoms with Gasteiger partial charge in [-0.2, -0.15) is 0 Å². The van der Waals surface area contributed by atoms with Gasteiger partial charge in [-0.25, -0.2) is 0 Å². The fourth-order valence-electron chi connectivity index (χ4n) is 11.7. The van der Waals surface area contributed by atoms with Gasteiger partial charge in [-0.1, -0.05) is 48.5 Å². The van der Waals surface area contributed by atoms with Gasteiger partial charge in [-0.15, -0.1) is 0 Å². The second-order valence-corrected chi connectivity index (χ2v) is 15.2. The van der Waals surface area contributed by atoms with Crippen molar-refractivity contribution in [3.8, 4) is 0 Å². The maximum absolute atomic E-state index is 12.9. The summed E-state index contributed by atoms with van der Waals surface area (Å²) in [6.45, 7) is 15.7. The van der Waals surface area contributed by atoms with Crippen molar-refractivity contribution in [2.75, 3.05) is 0 Å². The number of carboxylic acid groups (broad SMARTS) is 1. The van der Waals surface area contributed by atoms with E-state index in [-0.39, 0.29) is 34.2 Å². The minimum absolute atomic E-state index is 0.0200. The molecule has 5 aliphatic rings. The third kappa shape index (κ3) is 2.79. The fraction of sp³-hybridized carbons (Fsp3) is 0.967. The van der Waals surface area contributed by atoms with Crippen molar-refractivity contribution in [1.82, 2.24) is 0 Å². The molecule has 0 spiro atoms. The molecule has 0 amide bonds. The molecule has 0 aliphatic heterocycles. The Kier molecular flexibility index (Phi) is 5.54. The lowest BCUT2D eigenvalue weighted by molar-refractivity contribution is -0.347. The van der Waals surface area contributed by atoms with Crippen molar-refractivity contribution in [2.24, 2.45) is 56.7 Å². The number of aliphatic carboxylic acids is 1. The number of rotatable bonds is 1. The maximum Gasteiger partial charge on any atom is 0.310 e. The van der Waals surface area contributed by atoms with Crippen LogP contribution in [0.15, 0.2) is 0 Å². The molecule has 5 saturated carbocycles. The normalized spacial score (nSPS) is 59.4. The van der Waals surface area contributed by atoms with E-state index < -0.39 is 34.4 Å². The summed E-state index contributed by atoms with van der Waals surface area (Å²) in [5.41, 5.74) is -3.33. The third-order valence-corrected chi connectivity index (χ3v) is 14.2. The van der Waals surface area contributed by atoms with Crippen LogP contribution in [0.1, 0.15) is 106 Å². The van der Waals surface area contributed by atoms with E-state index in [1.807, 2.05) is 0 Å². The Balaban J connectivity index is 1.65. The van der Waals surface area contributed by atoms with Crippen LogP contribution in [-0.4, -0.2) is 44.2 Å². The molecule has 4 N–H and O–H groups in total. The monoisotopic (exact) mass is 490 g/mol. The van der Waals surface area contributed by atoms with Crippen molar-refractivity contribution in [2.45, 2.75) is 124 Å². The summed E-state index contributed by atoms with van der Waals surface area (Å²) in [4.78, 5) is 12.9. The van der Waals surface area contributed by atoms with Gasteiger partial charge >= 0.3 is 5.97 Å². The second-order valence-electron chi connectivity index (χ2n) is 15.2. The number of carbonyl (C=O) groups is 1. The van der Waals surface area contributed by atoms with Gasteiger partial charge in [0.15, 0.2) is 0 Å². The first-order valence-electron chi connectivity index (χ1n) is 14.4. The van der Waals surface area contributed by atoms with E-state index >= 15 is 0 Å². The number of carboxylic acids is 1. The molecule has 5 aliphatic carbocycles. The Morgan fingerprint density at radius 1 is 0.800 bits per heavy atom. The van der Waals surface area contributed by atoms with E-state index in [1.165, 1.54) is 0 Å². The average Bonchev–Trinajstić information content (AvgIpc) is 2.77. The fourth-order valence-corrected chi connectivity index (χ4v) is 11.7. The van der Waals surface area contributed by atoms with Gasteiger partial charge in [0.05, 0.1) is 17.6 Å². The van der Waals surface area contributed by atoms with Crippen LogP contribution in [0.25, 0.3) is 0 Å². The van der Waals surface area contributed by atoms with Gasteiger partial charge in [0.25, 0.3) is 0 Å². The first-order valence-corrected chi connectivity index (χ1v) is 14.4. The zero-order valence-electron chi connectivity index (χ0n) is 23.1. The van der Waals surface area contributed by atoms with Crippen molar-refractivity contribution >= 4 is 5.97 Å². The van der Waals surface area contributed by atoms with Crippen LogP contribution >= 0.6 is 0 Å². The zero-order chi connectivity index (χ0) is 26.0. The molecule has 0 radical (unpaired) electrons. The smallest absolute Gasteiger partial charge is 0.310 e. The summed E-state index contributed by atoms with van der Waals surface area (Å²) in [6.07, 6.45) is 5.66.